The average Bonchev–Trinajstić information content (AvgIpc) is 3.32. The quantitative estimate of drug-likeness (QED) is 0.812. The van der Waals surface area contributed by atoms with Gasteiger partial charge in [0.05, 0.1) is 6.10 Å². The third-order valence-electron chi connectivity index (χ3n) is 6.67. The summed E-state index contributed by atoms with van der Waals surface area (Å²) in [5.74, 6) is 2.00. The smallest absolute Gasteiger partial charge is 0.165 e. The largest absolute Gasteiger partial charge is 0.504 e. The van der Waals surface area contributed by atoms with Crippen molar-refractivity contribution >= 4 is 0 Å². The van der Waals surface area contributed by atoms with Crippen molar-refractivity contribution in [3.63, 3.8) is 0 Å². The molecule has 0 aromatic heterocycles. The zero-order valence-corrected chi connectivity index (χ0v) is 14.7. The van der Waals surface area contributed by atoms with Gasteiger partial charge in [-0.15, -0.1) is 0 Å². The fourth-order valence-electron chi connectivity index (χ4n) is 5.09. The number of benzene rings is 1. The molecule has 4 atom stereocenters. The molecule has 1 saturated heterocycles. The third-order valence-corrected chi connectivity index (χ3v) is 6.67. The molecule has 1 aromatic carbocycles. The van der Waals surface area contributed by atoms with Crippen molar-refractivity contribution in [3.8, 4) is 11.5 Å². The number of phenolic OH excluding ortho intramolecular Hbond substituents is 1. The lowest BCUT2D eigenvalue weighted by molar-refractivity contribution is 0.0317. The predicted octanol–water partition coefficient (Wildman–Crippen LogP) is 2.97. The molecule has 4 bridgehead atoms. The van der Waals surface area contributed by atoms with Crippen LogP contribution in [0.3, 0.4) is 0 Å². The molecule has 134 valence electrons. The molecule has 0 spiro atoms. The van der Waals surface area contributed by atoms with Crippen molar-refractivity contribution in [1.82, 2.24) is 4.90 Å². The Balaban J connectivity index is 1.61. The van der Waals surface area contributed by atoms with E-state index in [1.165, 1.54) is 24.0 Å². The van der Waals surface area contributed by atoms with Crippen molar-refractivity contribution in [1.29, 1.82) is 0 Å². The second-order valence-corrected chi connectivity index (χ2v) is 8.39. The van der Waals surface area contributed by atoms with Gasteiger partial charge < -0.3 is 14.9 Å². The highest BCUT2D eigenvalue weighted by Crippen LogP contribution is 2.51. The van der Waals surface area contributed by atoms with Crippen LogP contribution in [0, 0.1) is 5.92 Å². The number of phenols is 1. The minimum atomic E-state index is -0.339. The van der Waals surface area contributed by atoms with Crippen molar-refractivity contribution in [2.24, 2.45) is 5.92 Å². The Hall–Kier alpha value is -1.52. The number of rotatable bonds is 2. The SMILES string of the molecule is C=C1CCC(O)C2Cc3ccc(O)c4c3C(CCN2CC2CC2)C1O4. The standard InChI is InChI=1S/C21H27NO3/c1-12-2-6-17(23)16-10-14-5-7-18(24)21-19(14)15(20(12)25-21)8-9-22(16)11-13-3-4-13/h5,7,13,15-17,20,23-24H,1-4,6,8-11H2. The molecule has 4 nitrogen and oxygen atoms in total. The van der Waals surface area contributed by atoms with Gasteiger partial charge in [-0.1, -0.05) is 12.6 Å². The minimum Gasteiger partial charge on any atom is -0.504 e. The average molecular weight is 341 g/mol. The van der Waals surface area contributed by atoms with E-state index >= 15 is 0 Å². The summed E-state index contributed by atoms with van der Waals surface area (Å²) >= 11 is 0. The number of nitrogens with zero attached hydrogens (tertiary/aromatic N) is 1. The molecule has 3 heterocycles. The fourth-order valence-corrected chi connectivity index (χ4v) is 5.09. The minimum absolute atomic E-state index is 0.0633. The number of aliphatic hydroxyl groups excluding tert-OH is 1. The van der Waals surface area contributed by atoms with Crippen LogP contribution < -0.4 is 4.74 Å². The van der Waals surface area contributed by atoms with Crippen LogP contribution in [0.15, 0.2) is 24.3 Å². The molecule has 2 fully saturated rings. The van der Waals surface area contributed by atoms with E-state index < -0.39 is 0 Å². The molecular weight excluding hydrogens is 314 g/mol. The van der Waals surface area contributed by atoms with Crippen molar-refractivity contribution in [2.75, 3.05) is 13.1 Å². The molecule has 4 unspecified atom stereocenters. The number of aromatic hydroxyl groups is 1. The first-order valence-electron chi connectivity index (χ1n) is 9.73. The molecule has 25 heavy (non-hydrogen) atoms. The van der Waals surface area contributed by atoms with Gasteiger partial charge in [0.1, 0.15) is 6.10 Å². The fraction of sp³-hybridized carbons (Fsp3) is 0.619. The summed E-state index contributed by atoms with van der Waals surface area (Å²) in [5.41, 5.74) is 3.47. The van der Waals surface area contributed by atoms with Gasteiger partial charge in [-0.25, -0.2) is 0 Å². The van der Waals surface area contributed by atoms with E-state index in [-0.39, 0.29) is 29.9 Å². The van der Waals surface area contributed by atoms with Gasteiger partial charge in [-0.05, 0) is 68.2 Å². The van der Waals surface area contributed by atoms with Gasteiger partial charge in [0.2, 0.25) is 0 Å². The molecule has 0 amide bonds. The van der Waals surface area contributed by atoms with Crippen LogP contribution in [0.5, 0.6) is 11.5 Å². The predicted molar refractivity (Wildman–Crippen MR) is 96.1 cm³/mol. The van der Waals surface area contributed by atoms with Crippen LogP contribution in [0.25, 0.3) is 0 Å². The van der Waals surface area contributed by atoms with Crippen LogP contribution in [0.4, 0.5) is 0 Å². The molecule has 2 aliphatic carbocycles. The molecule has 5 aliphatic rings. The van der Waals surface area contributed by atoms with E-state index in [1.807, 2.05) is 6.07 Å². The van der Waals surface area contributed by atoms with E-state index in [1.54, 1.807) is 6.07 Å². The Morgan fingerprint density at radius 3 is 2.84 bits per heavy atom. The molecule has 2 N–H and O–H groups in total. The highest BCUT2D eigenvalue weighted by molar-refractivity contribution is 5.56. The van der Waals surface area contributed by atoms with E-state index in [0.717, 1.165) is 50.3 Å². The zero-order valence-electron chi connectivity index (χ0n) is 14.7. The molecule has 6 rings (SSSR count). The number of fused-ring (bicyclic) bond motifs is 5. The first-order valence-corrected chi connectivity index (χ1v) is 9.73. The monoisotopic (exact) mass is 341 g/mol. The maximum absolute atomic E-state index is 11.0. The Labute approximate surface area is 149 Å². The highest BCUT2D eigenvalue weighted by Gasteiger charge is 2.44. The molecular formula is C21H27NO3. The molecule has 4 heteroatoms. The van der Waals surface area contributed by atoms with Crippen molar-refractivity contribution in [3.05, 3.63) is 35.4 Å². The Kier molecular flexibility index (Phi) is 3.61. The van der Waals surface area contributed by atoms with E-state index in [4.69, 9.17) is 4.74 Å². The normalized spacial score (nSPS) is 34.7. The molecule has 1 aromatic rings. The van der Waals surface area contributed by atoms with Crippen LogP contribution in [0.1, 0.15) is 49.1 Å². The van der Waals surface area contributed by atoms with E-state index in [0.29, 0.717) is 5.75 Å². The zero-order chi connectivity index (χ0) is 17.1. The van der Waals surface area contributed by atoms with Gasteiger partial charge in [0, 0.05) is 24.1 Å². The van der Waals surface area contributed by atoms with Crippen molar-refractivity contribution < 1.29 is 14.9 Å². The summed E-state index contributed by atoms with van der Waals surface area (Å²) < 4.78 is 6.22. The van der Waals surface area contributed by atoms with Crippen molar-refractivity contribution in [2.45, 2.75) is 62.7 Å². The van der Waals surface area contributed by atoms with Gasteiger partial charge in [0.15, 0.2) is 11.5 Å². The van der Waals surface area contributed by atoms with Crippen LogP contribution in [0.2, 0.25) is 0 Å². The summed E-state index contributed by atoms with van der Waals surface area (Å²) in [6.07, 6.45) is 5.65. The number of hydrogen-bond acceptors (Lipinski definition) is 4. The number of hydrogen-bond donors (Lipinski definition) is 2. The van der Waals surface area contributed by atoms with Gasteiger partial charge in [-0.2, -0.15) is 0 Å². The number of aliphatic hydroxyl groups is 1. The Morgan fingerprint density at radius 1 is 1.20 bits per heavy atom. The summed E-state index contributed by atoms with van der Waals surface area (Å²) in [5, 5.41) is 21.3. The van der Waals surface area contributed by atoms with Gasteiger partial charge in [0.25, 0.3) is 0 Å². The first kappa shape index (κ1) is 15.7. The van der Waals surface area contributed by atoms with E-state index in [2.05, 4.69) is 11.5 Å². The second kappa shape index (κ2) is 5.75. The summed E-state index contributed by atoms with van der Waals surface area (Å²) in [6, 6.07) is 3.95. The second-order valence-electron chi connectivity index (χ2n) is 8.39. The Morgan fingerprint density at radius 2 is 2.04 bits per heavy atom. The van der Waals surface area contributed by atoms with E-state index in [9.17, 15) is 10.2 Å². The maximum Gasteiger partial charge on any atom is 0.165 e. The highest BCUT2D eigenvalue weighted by atomic mass is 16.5. The molecule has 1 saturated carbocycles. The topological polar surface area (TPSA) is 52.9 Å². The maximum atomic E-state index is 11.0. The van der Waals surface area contributed by atoms with Gasteiger partial charge in [-0.3, -0.25) is 4.90 Å². The molecule has 0 radical (unpaired) electrons. The lowest BCUT2D eigenvalue weighted by atomic mass is 9.79. The summed E-state index contributed by atoms with van der Waals surface area (Å²) in [7, 11) is 0. The first-order chi connectivity index (χ1) is 12.1. The Bertz CT molecular complexity index is 711. The van der Waals surface area contributed by atoms with Crippen LogP contribution in [-0.2, 0) is 6.42 Å². The van der Waals surface area contributed by atoms with Crippen LogP contribution >= 0.6 is 0 Å². The third kappa shape index (κ3) is 2.58. The lowest BCUT2D eigenvalue weighted by Crippen LogP contribution is -2.49. The van der Waals surface area contributed by atoms with Crippen LogP contribution in [-0.4, -0.2) is 46.5 Å². The summed E-state index contributed by atoms with van der Waals surface area (Å²) in [6.45, 7) is 6.37. The van der Waals surface area contributed by atoms with Gasteiger partial charge >= 0.3 is 0 Å². The number of ether oxygens (including phenoxy) is 1. The lowest BCUT2D eigenvalue weighted by Gasteiger charge is -2.40. The summed E-state index contributed by atoms with van der Waals surface area (Å²) in [4.78, 5) is 2.54. The molecule has 3 aliphatic heterocycles.